The van der Waals surface area contributed by atoms with Gasteiger partial charge in [0.15, 0.2) is 0 Å². The maximum Gasteiger partial charge on any atom is 0.302 e. The number of esters is 1. The third-order valence-electron chi connectivity index (χ3n) is 5.58. The second-order valence-corrected chi connectivity index (χ2v) is 9.44. The average molecular weight is 429 g/mol. The molecular weight excluding hydrogens is 372 g/mol. The first-order valence-corrected chi connectivity index (χ1v) is 13.1. The zero-order valence-electron chi connectivity index (χ0n) is 21.6. The Kier molecular flexibility index (Phi) is 27.9. The highest BCUT2D eigenvalue weighted by Crippen LogP contribution is 2.17. The maximum atomic E-state index is 10.4. The van der Waals surface area contributed by atoms with Crippen LogP contribution in [0.25, 0.3) is 0 Å². The van der Waals surface area contributed by atoms with E-state index in [9.17, 15) is 4.79 Å². The van der Waals surface area contributed by atoms with Gasteiger partial charge >= 0.3 is 5.97 Å². The Hall–Kier alpha value is -0.570. The summed E-state index contributed by atoms with van der Waals surface area (Å²) in [6.45, 7) is 12.2. The standard InChI is InChI=1S/C15H32O.C12H24O2/c1-4-5-9-12-15(2)13-10-7-6-8-11-14-16-3;1-11(2)9-7-5-4-6-8-10-14-12(3)13/h15H,4-14H2,1-3H3;11H,4-10H2,1-3H3. The minimum Gasteiger partial charge on any atom is -0.466 e. The molecule has 0 aliphatic heterocycles. The van der Waals surface area contributed by atoms with Crippen LogP contribution >= 0.6 is 0 Å². The molecule has 0 radical (unpaired) electrons. The molecule has 0 aromatic heterocycles. The Labute approximate surface area is 190 Å². The summed E-state index contributed by atoms with van der Waals surface area (Å²) in [5.41, 5.74) is 0. The van der Waals surface area contributed by atoms with Crippen molar-refractivity contribution in [3.63, 3.8) is 0 Å². The molecule has 0 aliphatic carbocycles. The molecule has 1 atom stereocenters. The van der Waals surface area contributed by atoms with E-state index in [2.05, 4.69) is 27.7 Å². The Balaban J connectivity index is 0. The molecule has 30 heavy (non-hydrogen) atoms. The Morgan fingerprint density at radius 3 is 1.63 bits per heavy atom. The lowest BCUT2D eigenvalue weighted by atomic mass is 9.96. The first kappa shape index (κ1) is 31.6. The van der Waals surface area contributed by atoms with E-state index in [1.54, 1.807) is 7.11 Å². The number of hydrogen-bond donors (Lipinski definition) is 0. The fourth-order valence-electron chi connectivity index (χ4n) is 3.56. The van der Waals surface area contributed by atoms with Gasteiger partial charge < -0.3 is 9.47 Å². The Bertz CT molecular complexity index is 328. The van der Waals surface area contributed by atoms with Crippen LogP contribution in [0.5, 0.6) is 0 Å². The average Bonchev–Trinajstić information content (AvgIpc) is 2.69. The molecule has 0 rings (SSSR count). The highest BCUT2D eigenvalue weighted by molar-refractivity contribution is 5.65. The lowest BCUT2D eigenvalue weighted by Crippen LogP contribution is -2.00. The van der Waals surface area contributed by atoms with Gasteiger partial charge in [-0.15, -0.1) is 0 Å². The lowest BCUT2D eigenvalue weighted by molar-refractivity contribution is -0.141. The van der Waals surface area contributed by atoms with Gasteiger partial charge in [-0.2, -0.15) is 0 Å². The van der Waals surface area contributed by atoms with Crippen molar-refractivity contribution in [3.05, 3.63) is 0 Å². The van der Waals surface area contributed by atoms with Gasteiger partial charge in [-0.05, 0) is 24.7 Å². The van der Waals surface area contributed by atoms with Crippen molar-refractivity contribution < 1.29 is 14.3 Å². The highest BCUT2D eigenvalue weighted by atomic mass is 16.5. The van der Waals surface area contributed by atoms with E-state index in [0.29, 0.717) is 6.61 Å². The lowest BCUT2D eigenvalue weighted by Gasteiger charge is -2.10. The molecule has 0 aromatic carbocycles. The van der Waals surface area contributed by atoms with Crippen LogP contribution in [0.4, 0.5) is 0 Å². The van der Waals surface area contributed by atoms with Gasteiger partial charge in [-0.3, -0.25) is 4.79 Å². The zero-order chi connectivity index (χ0) is 22.9. The van der Waals surface area contributed by atoms with Crippen LogP contribution in [0.2, 0.25) is 0 Å². The van der Waals surface area contributed by atoms with Gasteiger partial charge in [0.1, 0.15) is 0 Å². The Morgan fingerprint density at radius 1 is 0.667 bits per heavy atom. The third kappa shape index (κ3) is 32.1. The number of unbranched alkanes of at least 4 members (excludes halogenated alkanes) is 10. The summed E-state index contributed by atoms with van der Waals surface area (Å²) in [6.07, 6.45) is 21.4. The molecule has 0 spiro atoms. The highest BCUT2D eigenvalue weighted by Gasteiger charge is 2.01. The van der Waals surface area contributed by atoms with Crippen LogP contribution in [0, 0.1) is 11.8 Å². The minimum atomic E-state index is -0.162. The number of carbonyl (C=O) groups excluding carboxylic acids is 1. The molecule has 0 amide bonds. The molecule has 0 fully saturated rings. The fourth-order valence-corrected chi connectivity index (χ4v) is 3.56. The van der Waals surface area contributed by atoms with Gasteiger partial charge in [0, 0.05) is 20.6 Å². The van der Waals surface area contributed by atoms with Crippen LogP contribution in [-0.2, 0) is 14.3 Å². The van der Waals surface area contributed by atoms with Crippen LogP contribution in [0.1, 0.15) is 137 Å². The van der Waals surface area contributed by atoms with E-state index in [0.717, 1.165) is 24.9 Å². The fraction of sp³-hybridized carbons (Fsp3) is 0.963. The van der Waals surface area contributed by atoms with Crippen molar-refractivity contribution in [2.45, 2.75) is 137 Å². The van der Waals surface area contributed by atoms with Gasteiger partial charge in [0.2, 0.25) is 0 Å². The molecule has 1 unspecified atom stereocenters. The second-order valence-electron chi connectivity index (χ2n) is 9.44. The normalized spacial score (nSPS) is 11.8. The van der Waals surface area contributed by atoms with Crippen LogP contribution in [-0.4, -0.2) is 26.3 Å². The summed E-state index contributed by atoms with van der Waals surface area (Å²) in [5.74, 6) is 1.62. The smallest absolute Gasteiger partial charge is 0.302 e. The molecule has 0 saturated heterocycles. The number of carbonyl (C=O) groups is 1. The predicted molar refractivity (Wildman–Crippen MR) is 132 cm³/mol. The van der Waals surface area contributed by atoms with E-state index >= 15 is 0 Å². The summed E-state index contributed by atoms with van der Waals surface area (Å²) in [6, 6.07) is 0. The molecule has 0 heterocycles. The van der Waals surface area contributed by atoms with Crippen molar-refractivity contribution in [1.29, 1.82) is 0 Å². The molecule has 3 heteroatoms. The zero-order valence-corrected chi connectivity index (χ0v) is 21.6. The number of ether oxygens (including phenoxy) is 2. The molecular formula is C27H56O3. The first-order valence-electron chi connectivity index (χ1n) is 13.1. The van der Waals surface area contributed by atoms with E-state index in [4.69, 9.17) is 9.47 Å². The molecule has 0 aliphatic rings. The largest absolute Gasteiger partial charge is 0.466 e. The van der Waals surface area contributed by atoms with Gasteiger partial charge in [0.25, 0.3) is 0 Å². The SMILES string of the molecule is CC(=O)OCCCCCCCC(C)C.CCCCCC(C)CCCCCCCOC. The van der Waals surface area contributed by atoms with Gasteiger partial charge in [-0.1, -0.05) is 118 Å². The quantitative estimate of drug-likeness (QED) is 0.144. The van der Waals surface area contributed by atoms with Crippen LogP contribution < -0.4 is 0 Å². The van der Waals surface area contributed by atoms with Crippen LogP contribution in [0.3, 0.4) is 0 Å². The third-order valence-corrected chi connectivity index (χ3v) is 5.58. The topological polar surface area (TPSA) is 35.5 Å². The summed E-state index contributed by atoms with van der Waals surface area (Å²) >= 11 is 0. The van der Waals surface area contributed by atoms with Crippen molar-refractivity contribution in [1.82, 2.24) is 0 Å². The Morgan fingerprint density at radius 2 is 1.13 bits per heavy atom. The van der Waals surface area contributed by atoms with Crippen molar-refractivity contribution in [2.24, 2.45) is 11.8 Å². The molecule has 0 saturated carbocycles. The summed E-state index contributed by atoms with van der Waals surface area (Å²) in [7, 11) is 1.79. The van der Waals surface area contributed by atoms with Crippen molar-refractivity contribution in [2.75, 3.05) is 20.3 Å². The molecule has 3 nitrogen and oxygen atoms in total. The number of methoxy groups -OCH3 is 1. The van der Waals surface area contributed by atoms with Gasteiger partial charge in [0.05, 0.1) is 6.61 Å². The van der Waals surface area contributed by atoms with Crippen molar-refractivity contribution in [3.8, 4) is 0 Å². The predicted octanol–water partition coefficient (Wildman–Crippen LogP) is 8.74. The number of hydrogen-bond acceptors (Lipinski definition) is 3. The van der Waals surface area contributed by atoms with Crippen molar-refractivity contribution >= 4 is 5.97 Å². The number of rotatable bonds is 20. The minimum absolute atomic E-state index is 0.162. The summed E-state index contributed by atoms with van der Waals surface area (Å²) in [5, 5.41) is 0. The van der Waals surface area contributed by atoms with Crippen LogP contribution in [0.15, 0.2) is 0 Å². The summed E-state index contributed by atoms with van der Waals surface area (Å²) in [4.78, 5) is 10.4. The van der Waals surface area contributed by atoms with Gasteiger partial charge in [-0.25, -0.2) is 0 Å². The van der Waals surface area contributed by atoms with E-state index < -0.39 is 0 Å². The second kappa shape index (κ2) is 26.5. The monoisotopic (exact) mass is 428 g/mol. The maximum absolute atomic E-state index is 10.4. The molecule has 0 N–H and O–H groups in total. The molecule has 182 valence electrons. The van der Waals surface area contributed by atoms with E-state index in [1.165, 1.54) is 103 Å². The molecule has 0 bridgehead atoms. The summed E-state index contributed by atoms with van der Waals surface area (Å²) < 4.78 is 9.89. The van der Waals surface area contributed by atoms with E-state index in [-0.39, 0.29) is 5.97 Å². The van der Waals surface area contributed by atoms with E-state index in [1.807, 2.05) is 0 Å². The molecule has 0 aromatic rings. The first-order chi connectivity index (χ1) is 14.4.